The third-order valence-corrected chi connectivity index (χ3v) is 2.88. The lowest BCUT2D eigenvalue weighted by Gasteiger charge is -2.33. The highest BCUT2D eigenvalue weighted by Gasteiger charge is 2.31. The minimum atomic E-state index is -0.263. The lowest BCUT2D eigenvalue weighted by atomic mass is 9.74. The van der Waals surface area contributed by atoms with E-state index in [1.54, 1.807) is 0 Å². The average Bonchev–Trinajstić information content (AvgIpc) is 2.18. The molecule has 0 saturated carbocycles. The summed E-state index contributed by atoms with van der Waals surface area (Å²) in [5, 5.41) is 0. The lowest BCUT2D eigenvalue weighted by Crippen LogP contribution is -2.34. The van der Waals surface area contributed by atoms with E-state index in [0.29, 0.717) is 6.54 Å². The van der Waals surface area contributed by atoms with Crippen LogP contribution in [0.3, 0.4) is 0 Å². The summed E-state index contributed by atoms with van der Waals surface area (Å²) in [7, 11) is 0. The summed E-state index contributed by atoms with van der Waals surface area (Å²) >= 11 is 0. The Balaban J connectivity index is 2.64. The maximum Gasteiger partial charge on any atom is 0.0965 e. The molecule has 1 rings (SSSR count). The maximum atomic E-state index is 12.7. The van der Waals surface area contributed by atoms with Gasteiger partial charge in [-0.15, -0.1) is 0 Å². The molecule has 1 aliphatic carbocycles. The zero-order valence-electron chi connectivity index (χ0n) is 7.78. The zero-order chi connectivity index (χ0) is 9.03. The molecule has 1 nitrogen and oxygen atoms in total. The van der Waals surface area contributed by atoms with Gasteiger partial charge < -0.3 is 5.73 Å². The summed E-state index contributed by atoms with van der Waals surface area (Å²) in [5.74, 6) is 0. The van der Waals surface area contributed by atoms with Crippen LogP contribution in [0, 0.1) is 5.41 Å². The van der Waals surface area contributed by atoms with Crippen molar-refractivity contribution in [1.82, 2.24) is 0 Å². The smallest absolute Gasteiger partial charge is 0.0965 e. The molecule has 2 heteroatoms. The molecule has 0 saturated heterocycles. The molecule has 0 aromatic rings. The van der Waals surface area contributed by atoms with E-state index in [-0.39, 0.29) is 12.1 Å². The fraction of sp³-hybridized carbons (Fsp3) is 0.800. The highest BCUT2D eigenvalue weighted by molar-refractivity contribution is 5.10. The summed E-state index contributed by atoms with van der Waals surface area (Å²) < 4.78 is 12.7. The van der Waals surface area contributed by atoms with Gasteiger partial charge in [0.1, 0.15) is 0 Å². The van der Waals surface area contributed by atoms with Crippen molar-refractivity contribution < 1.29 is 4.39 Å². The van der Waals surface area contributed by atoms with Crippen LogP contribution in [0.2, 0.25) is 0 Å². The van der Waals surface area contributed by atoms with Crippen LogP contribution in [-0.4, -0.2) is 13.2 Å². The molecule has 2 N–H and O–H groups in total. The highest BCUT2D eigenvalue weighted by Crippen LogP contribution is 2.36. The molecule has 0 fully saturated rings. The first-order valence-electron chi connectivity index (χ1n) is 4.70. The Kier molecular flexibility index (Phi) is 3.27. The number of hydrogen-bond donors (Lipinski definition) is 1. The normalized spacial score (nSPS) is 30.1. The number of hydrogen-bond acceptors (Lipinski definition) is 1. The van der Waals surface area contributed by atoms with Crippen molar-refractivity contribution in [1.29, 1.82) is 0 Å². The number of alkyl halides is 1. The first-order chi connectivity index (χ1) is 5.76. The number of nitrogens with two attached hydrogens (primary N) is 1. The van der Waals surface area contributed by atoms with Gasteiger partial charge in [-0.3, -0.25) is 4.39 Å². The highest BCUT2D eigenvalue weighted by atomic mass is 19.1. The molecule has 1 aliphatic rings. The Morgan fingerprint density at radius 1 is 1.67 bits per heavy atom. The Hall–Kier alpha value is -0.370. The van der Waals surface area contributed by atoms with Crippen molar-refractivity contribution in [2.45, 2.75) is 32.6 Å². The van der Waals surface area contributed by atoms with Crippen LogP contribution in [0.1, 0.15) is 32.6 Å². The third-order valence-electron chi connectivity index (χ3n) is 2.88. The second kappa shape index (κ2) is 4.04. The Bertz CT molecular complexity index is 171. The molecular weight excluding hydrogens is 153 g/mol. The van der Waals surface area contributed by atoms with Gasteiger partial charge in [0.25, 0.3) is 0 Å². The summed E-state index contributed by atoms with van der Waals surface area (Å²) in [6.07, 6.45) is 6.08. The average molecular weight is 171 g/mol. The molecule has 0 spiro atoms. The summed E-state index contributed by atoms with van der Waals surface area (Å²) in [5.41, 5.74) is 6.76. The standard InChI is InChI=1S/C10H18FN/c1-2-9-4-3-5-10(6-9,7-11)8-12/h4H,2-3,5-8,12H2,1H3. The van der Waals surface area contributed by atoms with Gasteiger partial charge in [0, 0.05) is 12.0 Å². The van der Waals surface area contributed by atoms with Crippen molar-refractivity contribution in [3.05, 3.63) is 11.6 Å². The van der Waals surface area contributed by atoms with Gasteiger partial charge in [0.15, 0.2) is 0 Å². The second-order valence-electron chi connectivity index (χ2n) is 3.77. The van der Waals surface area contributed by atoms with Crippen molar-refractivity contribution in [3.63, 3.8) is 0 Å². The van der Waals surface area contributed by atoms with E-state index in [1.807, 2.05) is 0 Å². The van der Waals surface area contributed by atoms with Gasteiger partial charge in [0.2, 0.25) is 0 Å². The van der Waals surface area contributed by atoms with Crippen LogP contribution in [0.4, 0.5) is 4.39 Å². The second-order valence-corrected chi connectivity index (χ2v) is 3.77. The van der Waals surface area contributed by atoms with E-state index in [2.05, 4.69) is 13.0 Å². The summed E-state index contributed by atoms with van der Waals surface area (Å²) in [6, 6.07) is 0. The van der Waals surface area contributed by atoms with Crippen LogP contribution in [-0.2, 0) is 0 Å². The topological polar surface area (TPSA) is 26.0 Å². The zero-order valence-corrected chi connectivity index (χ0v) is 7.78. The van der Waals surface area contributed by atoms with Crippen LogP contribution in [0.15, 0.2) is 11.6 Å². The van der Waals surface area contributed by atoms with Gasteiger partial charge in [-0.1, -0.05) is 18.6 Å². The van der Waals surface area contributed by atoms with Gasteiger partial charge in [-0.25, -0.2) is 0 Å². The van der Waals surface area contributed by atoms with Gasteiger partial charge in [0.05, 0.1) is 6.67 Å². The maximum absolute atomic E-state index is 12.7. The Morgan fingerprint density at radius 3 is 2.92 bits per heavy atom. The first kappa shape index (κ1) is 9.72. The SMILES string of the molecule is CCC1=CCCC(CN)(CF)C1. The molecular formula is C10H18FN. The molecule has 1 unspecified atom stereocenters. The van der Waals surface area contributed by atoms with Crippen LogP contribution < -0.4 is 5.73 Å². The van der Waals surface area contributed by atoms with Crippen molar-refractivity contribution in [2.24, 2.45) is 11.1 Å². The van der Waals surface area contributed by atoms with E-state index < -0.39 is 0 Å². The predicted octanol–water partition coefficient (Wildman–Crippen LogP) is 2.42. The molecule has 0 aliphatic heterocycles. The molecule has 0 amide bonds. The summed E-state index contributed by atoms with van der Waals surface area (Å²) in [6.45, 7) is 2.35. The van der Waals surface area contributed by atoms with E-state index in [0.717, 1.165) is 25.7 Å². The quantitative estimate of drug-likeness (QED) is 0.648. The fourth-order valence-corrected chi connectivity index (χ4v) is 1.84. The Labute approximate surface area is 73.8 Å². The molecule has 0 bridgehead atoms. The predicted molar refractivity (Wildman–Crippen MR) is 49.7 cm³/mol. The molecule has 12 heavy (non-hydrogen) atoms. The molecule has 1 atom stereocenters. The monoisotopic (exact) mass is 171 g/mol. The largest absolute Gasteiger partial charge is 0.330 e. The fourth-order valence-electron chi connectivity index (χ4n) is 1.84. The molecule has 70 valence electrons. The van der Waals surface area contributed by atoms with Crippen molar-refractivity contribution >= 4 is 0 Å². The van der Waals surface area contributed by atoms with E-state index >= 15 is 0 Å². The van der Waals surface area contributed by atoms with Crippen LogP contribution in [0.25, 0.3) is 0 Å². The minimum absolute atomic E-state index is 0.222. The van der Waals surface area contributed by atoms with Crippen molar-refractivity contribution in [3.8, 4) is 0 Å². The van der Waals surface area contributed by atoms with Crippen LogP contribution in [0.5, 0.6) is 0 Å². The minimum Gasteiger partial charge on any atom is -0.330 e. The van der Waals surface area contributed by atoms with Crippen LogP contribution >= 0.6 is 0 Å². The van der Waals surface area contributed by atoms with Gasteiger partial charge in [-0.05, 0) is 25.7 Å². The third kappa shape index (κ3) is 1.86. The molecule has 0 heterocycles. The molecule has 0 aromatic carbocycles. The van der Waals surface area contributed by atoms with Gasteiger partial charge >= 0.3 is 0 Å². The molecule has 0 radical (unpaired) electrons. The van der Waals surface area contributed by atoms with E-state index in [4.69, 9.17) is 5.73 Å². The van der Waals surface area contributed by atoms with Crippen molar-refractivity contribution in [2.75, 3.05) is 13.2 Å². The lowest BCUT2D eigenvalue weighted by molar-refractivity contribution is 0.188. The summed E-state index contributed by atoms with van der Waals surface area (Å²) in [4.78, 5) is 0. The van der Waals surface area contributed by atoms with E-state index in [1.165, 1.54) is 5.57 Å². The molecule has 0 aromatic heterocycles. The van der Waals surface area contributed by atoms with Gasteiger partial charge in [-0.2, -0.15) is 0 Å². The number of allylic oxidation sites excluding steroid dienone is 2. The Morgan fingerprint density at radius 2 is 2.42 bits per heavy atom. The number of halogens is 1. The van der Waals surface area contributed by atoms with E-state index in [9.17, 15) is 4.39 Å². The number of rotatable bonds is 3. The first-order valence-corrected chi connectivity index (χ1v) is 4.70.